The Labute approximate surface area is 143 Å². The summed E-state index contributed by atoms with van der Waals surface area (Å²) in [6.07, 6.45) is 1.77. The maximum absolute atomic E-state index is 12.6. The quantitative estimate of drug-likeness (QED) is 0.867. The van der Waals surface area contributed by atoms with Gasteiger partial charge in [0.05, 0.1) is 11.9 Å². The number of carbonyl (C=O) groups is 1. The van der Waals surface area contributed by atoms with Crippen molar-refractivity contribution in [2.45, 2.75) is 6.92 Å². The van der Waals surface area contributed by atoms with Gasteiger partial charge in [-0.25, -0.2) is 4.98 Å². The van der Waals surface area contributed by atoms with Crippen LogP contribution in [0, 0.1) is 0 Å². The van der Waals surface area contributed by atoms with Gasteiger partial charge < -0.3 is 14.7 Å². The predicted molar refractivity (Wildman–Crippen MR) is 96.8 cm³/mol. The van der Waals surface area contributed by atoms with Crippen LogP contribution >= 0.6 is 0 Å². The first-order valence-corrected chi connectivity index (χ1v) is 8.45. The highest BCUT2D eigenvalue weighted by Gasteiger charge is 2.22. The van der Waals surface area contributed by atoms with Crippen LogP contribution in [0.4, 0.5) is 11.4 Å². The van der Waals surface area contributed by atoms with E-state index in [9.17, 15) is 4.79 Å². The molecule has 1 aliphatic rings. The van der Waals surface area contributed by atoms with E-state index in [4.69, 9.17) is 0 Å². The summed E-state index contributed by atoms with van der Waals surface area (Å²) >= 11 is 0. The van der Waals surface area contributed by atoms with Crippen LogP contribution in [0.2, 0.25) is 0 Å². The molecule has 126 valence electrons. The summed E-state index contributed by atoms with van der Waals surface area (Å²) < 4.78 is 0. The monoisotopic (exact) mass is 324 g/mol. The van der Waals surface area contributed by atoms with Crippen molar-refractivity contribution in [1.82, 2.24) is 14.8 Å². The van der Waals surface area contributed by atoms with Crippen LogP contribution in [0.1, 0.15) is 17.4 Å². The predicted octanol–water partition coefficient (Wildman–Crippen LogP) is 2.63. The molecular weight excluding hydrogens is 300 g/mol. The Bertz CT molecular complexity index is 664. The van der Waals surface area contributed by atoms with Crippen LogP contribution in [0.15, 0.2) is 48.7 Å². The number of aromatic nitrogens is 1. The first-order chi connectivity index (χ1) is 11.7. The van der Waals surface area contributed by atoms with Gasteiger partial charge in [-0.05, 0) is 30.8 Å². The largest absolute Gasteiger partial charge is 0.343 e. The summed E-state index contributed by atoms with van der Waals surface area (Å²) in [5.41, 5.74) is 2.58. The standard InChI is InChI=1S/C19H24N4O/c1-3-22-11-13-23(14-12-22)19(24)18-10-9-17(15-20-18)21(2)16-7-5-4-6-8-16/h4-10,15H,3,11-14H2,1-2H3. The highest BCUT2D eigenvalue weighted by molar-refractivity contribution is 5.92. The molecule has 1 fully saturated rings. The summed E-state index contributed by atoms with van der Waals surface area (Å²) in [5.74, 6) is 0.0275. The number of anilines is 2. The van der Waals surface area contributed by atoms with Crippen molar-refractivity contribution < 1.29 is 4.79 Å². The zero-order chi connectivity index (χ0) is 16.9. The number of hydrogen-bond acceptors (Lipinski definition) is 4. The number of piperazine rings is 1. The lowest BCUT2D eigenvalue weighted by molar-refractivity contribution is 0.0637. The molecule has 2 heterocycles. The number of rotatable bonds is 4. The van der Waals surface area contributed by atoms with Crippen LogP contribution < -0.4 is 4.90 Å². The number of nitrogens with zero attached hydrogens (tertiary/aromatic N) is 4. The minimum absolute atomic E-state index is 0.0275. The van der Waals surface area contributed by atoms with E-state index in [0.717, 1.165) is 44.1 Å². The summed E-state index contributed by atoms with van der Waals surface area (Å²) in [6, 6.07) is 13.9. The Kier molecular flexibility index (Phi) is 5.11. The zero-order valence-electron chi connectivity index (χ0n) is 14.4. The van der Waals surface area contributed by atoms with E-state index >= 15 is 0 Å². The molecule has 0 bridgehead atoms. The molecule has 0 aliphatic carbocycles. The average molecular weight is 324 g/mol. The van der Waals surface area contributed by atoms with E-state index in [1.54, 1.807) is 6.20 Å². The third kappa shape index (κ3) is 3.57. The van der Waals surface area contributed by atoms with Crippen LogP contribution in [0.3, 0.4) is 0 Å². The topological polar surface area (TPSA) is 39.7 Å². The molecule has 0 atom stereocenters. The smallest absolute Gasteiger partial charge is 0.272 e. The molecule has 3 rings (SSSR count). The van der Waals surface area contributed by atoms with Crippen molar-refractivity contribution in [3.8, 4) is 0 Å². The van der Waals surface area contributed by atoms with Crippen LogP contribution in [0.5, 0.6) is 0 Å². The molecule has 0 spiro atoms. The summed E-state index contributed by atoms with van der Waals surface area (Å²) in [5, 5.41) is 0. The number of amides is 1. The van der Waals surface area contributed by atoms with E-state index in [1.807, 2.05) is 54.4 Å². The van der Waals surface area contributed by atoms with Crippen LogP contribution in [-0.2, 0) is 0 Å². The number of benzene rings is 1. The number of para-hydroxylation sites is 1. The fourth-order valence-electron chi connectivity index (χ4n) is 2.94. The van der Waals surface area contributed by atoms with Crippen molar-refractivity contribution in [2.75, 3.05) is 44.7 Å². The minimum atomic E-state index is 0.0275. The van der Waals surface area contributed by atoms with E-state index in [1.165, 1.54) is 0 Å². The molecular formula is C19H24N4O. The first kappa shape index (κ1) is 16.5. The molecule has 1 saturated heterocycles. The first-order valence-electron chi connectivity index (χ1n) is 8.45. The van der Waals surface area contributed by atoms with E-state index in [-0.39, 0.29) is 5.91 Å². The second-order valence-electron chi connectivity index (χ2n) is 6.02. The van der Waals surface area contributed by atoms with Gasteiger partial charge in [-0.2, -0.15) is 0 Å². The third-order valence-electron chi connectivity index (χ3n) is 4.60. The maximum Gasteiger partial charge on any atom is 0.272 e. The molecule has 1 aromatic heterocycles. The molecule has 5 heteroatoms. The molecule has 1 aliphatic heterocycles. The molecule has 0 saturated carbocycles. The van der Waals surface area contributed by atoms with Crippen molar-refractivity contribution in [2.24, 2.45) is 0 Å². The highest BCUT2D eigenvalue weighted by atomic mass is 16.2. The summed E-state index contributed by atoms with van der Waals surface area (Å²) in [7, 11) is 2.00. The van der Waals surface area contributed by atoms with Crippen LogP contribution in [0.25, 0.3) is 0 Å². The second kappa shape index (κ2) is 7.45. The number of pyridine rings is 1. The minimum Gasteiger partial charge on any atom is -0.343 e. The molecule has 1 amide bonds. The van der Waals surface area contributed by atoms with Gasteiger partial charge in [0.25, 0.3) is 5.91 Å². The van der Waals surface area contributed by atoms with Gasteiger partial charge in [-0.15, -0.1) is 0 Å². The van der Waals surface area contributed by atoms with Gasteiger partial charge in [0.15, 0.2) is 0 Å². The molecule has 5 nitrogen and oxygen atoms in total. The molecule has 0 unspecified atom stereocenters. The normalized spacial score (nSPS) is 15.3. The fourth-order valence-corrected chi connectivity index (χ4v) is 2.94. The van der Waals surface area contributed by atoms with Crippen molar-refractivity contribution >= 4 is 17.3 Å². The Hall–Kier alpha value is -2.40. The number of carbonyl (C=O) groups excluding carboxylic acids is 1. The number of likely N-dealkylation sites (N-methyl/N-ethyl adjacent to an activating group) is 1. The second-order valence-corrected chi connectivity index (χ2v) is 6.02. The fraction of sp³-hybridized carbons (Fsp3) is 0.368. The maximum atomic E-state index is 12.6. The van der Waals surface area contributed by atoms with Crippen molar-refractivity contribution in [3.05, 3.63) is 54.4 Å². The van der Waals surface area contributed by atoms with Gasteiger partial charge in [0.1, 0.15) is 5.69 Å². The Morgan fingerprint density at radius 2 is 1.75 bits per heavy atom. The van der Waals surface area contributed by atoms with Gasteiger partial charge in [-0.1, -0.05) is 25.1 Å². The van der Waals surface area contributed by atoms with Crippen molar-refractivity contribution in [1.29, 1.82) is 0 Å². The molecule has 1 aromatic carbocycles. The van der Waals surface area contributed by atoms with Crippen molar-refractivity contribution in [3.63, 3.8) is 0 Å². The lowest BCUT2D eigenvalue weighted by atomic mass is 10.2. The van der Waals surface area contributed by atoms with Gasteiger partial charge in [0, 0.05) is 38.9 Å². The summed E-state index contributed by atoms with van der Waals surface area (Å²) in [6.45, 7) is 6.63. The molecule has 0 N–H and O–H groups in total. The lowest BCUT2D eigenvalue weighted by Gasteiger charge is -2.33. The zero-order valence-corrected chi connectivity index (χ0v) is 14.4. The average Bonchev–Trinajstić information content (AvgIpc) is 2.68. The lowest BCUT2D eigenvalue weighted by Crippen LogP contribution is -2.48. The van der Waals surface area contributed by atoms with Gasteiger partial charge in [0.2, 0.25) is 0 Å². The third-order valence-corrected chi connectivity index (χ3v) is 4.60. The Balaban J connectivity index is 1.67. The molecule has 0 radical (unpaired) electrons. The van der Waals surface area contributed by atoms with E-state index in [2.05, 4.69) is 21.7 Å². The number of hydrogen-bond donors (Lipinski definition) is 0. The van der Waals surface area contributed by atoms with E-state index < -0.39 is 0 Å². The SMILES string of the molecule is CCN1CCN(C(=O)c2ccc(N(C)c3ccccc3)cn2)CC1. The van der Waals surface area contributed by atoms with E-state index in [0.29, 0.717) is 5.69 Å². The highest BCUT2D eigenvalue weighted by Crippen LogP contribution is 2.22. The summed E-state index contributed by atoms with van der Waals surface area (Å²) in [4.78, 5) is 23.3. The molecule has 24 heavy (non-hydrogen) atoms. The van der Waals surface area contributed by atoms with Crippen LogP contribution in [-0.4, -0.2) is 60.5 Å². The van der Waals surface area contributed by atoms with Gasteiger partial charge in [-0.3, -0.25) is 4.79 Å². The molecule has 2 aromatic rings. The Morgan fingerprint density at radius 3 is 2.33 bits per heavy atom. The van der Waals surface area contributed by atoms with Gasteiger partial charge >= 0.3 is 0 Å². The Morgan fingerprint density at radius 1 is 1.04 bits per heavy atom.